The number of aliphatic hydroxyl groups excluding tert-OH is 1. The molecular formula is C13H19NO2. The zero-order chi connectivity index (χ0) is 11.4. The summed E-state index contributed by atoms with van der Waals surface area (Å²) in [6.45, 7) is 4.00. The Kier molecular flexibility index (Phi) is 3.93. The lowest BCUT2D eigenvalue weighted by atomic mass is 10.1. The fourth-order valence-corrected chi connectivity index (χ4v) is 1.88. The monoisotopic (exact) mass is 221 g/mol. The molecule has 2 atom stereocenters. The minimum atomic E-state index is -0.366. The molecule has 0 aromatic heterocycles. The first-order valence-electron chi connectivity index (χ1n) is 5.86. The van der Waals surface area contributed by atoms with Crippen LogP contribution in [-0.2, 0) is 17.7 Å². The first-order chi connectivity index (χ1) is 7.79. The molecule has 0 spiro atoms. The largest absolute Gasteiger partial charge is 0.389 e. The Morgan fingerprint density at radius 1 is 1.25 bits per heavy atom. The van der Waals surface area contributed by atoms with Gasteiger partial charge >= 0.3 is 0 Å². The molecule has 1 aromatic carbocycles. The maximum absolute atomic E-state index is 9.56. The molecule has 0 radical (unpaired) electrons. The summed E-state index contributed by atoms with van der Waals surface area (Å²) in [5.41, 5.74) is 2.60. The number of aryl methyl sites for hydroxylation is 1. The molecular weight excluding hydrogens is 202 g/mol. The van der Waals surface area contributed by atoms with Crippen molar-refractivity contribution in [3.8, 4) is 0 Å². The highest BCUT2D eigenvalue weighted by atomic mass is 16.5. The summed E-state index contributed by atoms with van der Waals surface area (Å²) in [7, 11) is 0. The minimum Gasteiger partial charge on any atom is -0.389 e. The fourth-order valence-electron chi connectivity index (χ4n) is 1.88. The van der Waals surface area contributed by atoms with Gasteiger partial charge in [-0.1, -0.05) is 31.2 Å². The maximum Gasteiger partial charge on any atom is 0.0948 e. The second kappa shape index (κ2) is 5.43. The Hall–Kier alpha value is -0.900. The summed E-state index contributed by atoms with van der Waals surface area (Å²) >= 11 is 0. The summed E-state index contributed by atoms with van der Waals surface area (Å²) in [5.74, 6) is 0. The molecule has 3 heteroatoms. The van der Waals surface area contributed by atoms with Crippen molar-refractivity contribution in [1.82, 2.24) is 5.32 Å². The average molecular weight is 221 g/mol. The molecule has 88 valence electrons. The van der Waals surface area contributed by atoms with Gasteiger partial charge in [-0.25, -0.2) is 0 Å². The summed E-state index contributed by atoms with van der Waals surface area (Å²) in [4.78, 5) is 0. The Morgan fingerprint density at radius 3 is 2.50 bits per heavy atom. The summed E-state index contributed by atoms with van der Waals surface area (Å²) in [6, 6.07) is 8.64. The van der Waals surface area contributed by atoms with Crippen molar-refractivity contribution >= 4 is 0 Å². The quantitative estimate of drug-likeness (QED) is 0.800. The van der Waals surface area contributed by atoms with Gasteiger partial charge < -0.3 is 15.2 Å². The first kappa shape index (κ1) is 11.6. The topological polar surface area (TPSA) is 41.5 Å². The number of nitrogens with one attached hydrogen (secondary N) is 1. The van der Waals surface area contributed by atoms with Gasteiger partial charge in [0.05, 0.1) is 25.4 Å². The highest BCUT2D eigenvalue weighted by molar-refractivity contribution is 5.22. The second-order valence-electron chi connectivity index (χ2n) is 4.26. The Labute approximate surface area is 96.4 Å². The zero-order valence-electron chi connectivity index (χ0n) is 9.65. The smallest absolute Gasteiger partial charge is 0.0948 e. The van der Waals surface area contributed by atoms with Gasteiger partial charge in [0.1, 0.15) is 0 Å². The molecule has 0 bridgehead atoms. The Bertz CT molecular complexity index is 323. The van der Waals surface area contributed by atoms with E-state index in [1.165, 1.54) is 11.1 Å². The Morgan fingerprint density at radius 2 is 1.94 bits per heavy atom. The van der Waals surface area contributed by atoms with Crippen LogP contribution in [0.4, 0.5) is 0 Å². The van der Waals surface area contributed by atoms with Crippen LogP contribution in [0.25, 0.3) is 0 Å². The van der Waals surface area contributed by atoms with Crippen molar-refractivity contribution in [3.05, 3.63) is 35.4 Å². The molecule has 2 rings (SSSR count). The van der Waals surface area contributed by atoms with Crippen molar-refractivity contribution in [3.63, 3.8) is 0 Å². The maximum atomic E-state index is 9.56. The van der Waals surface area contributed by atoms with Crippen LogP contribution in [-0.4, -0.2) is 30.5 Å². The summed E-state index contributed by atoms with van der Waals surface area (Å²) in [5, 5.41) is 12.9. The van der Waals surface area contributed by atoms with Crippen LogP contribution >= 0.6 is 0 Å². The zero-order valence-corrected chi connectivity index (χ0v) is 9.65. The van der Waals surface area contributed by atoms with E-state index in [-0.39, 0.29) is 12.1 Å². The standard InChI is InChI=1S/C13H19NO2/c1-2-10-3-5-11(6-4-10)7-14-12-8-16-9-13(12)15/h3-6,12-15H,2,7-9H2,1H3. The van der Waals surface area contributed by atoms with E-state index in [0.717, 1.165) is 13.0 Å². The van der Waals surface area contributed by atoms with E-state index in [0.29, 0.717) is 13.2 Å². The lowest BCUT2D eigenvalue weighted by Crippen LogP contribution is -2.38. The van der Waals surface area contributed by atoms with E-state index in [9.17, 15) is 5.11 Å². The molecule has 1 aliphatic heterocycles. The summed E-state index contributed by atoms with van der Waals surface area (Å²) < 4.78 is 5.18. The van der Waals surface area contributed by atoms with Crippen LogP contribution in [0.2, 0.25) is 0 Å². The summed E-state index contributed by atoms with van der Waals surface area (Å²) in [6.07, 6.45) is 0.706. The van der Waals surface area contributed by atoms with E-state index in [1.54, 1.807) is 0 Å². The van der Waals surface area contributed by atoms with E-state index in [4.69, 9.17) is 4.74 Å². The molecule has 2 N–H and O–H groups in total. The van der Waals surface area contributed by atoms with Crippen LogP contribution in [0.3, 0.4) is 0 Å². The molecule has 3 nitrogen and oxygen atoms in total. The van der Waals surface area contributed by atoms with Crippen molar-refractivity contribution in [2.45, 2.75) is 32.0 Å². The number of hydrogen-bond acceptors (Lipinski definition) is 3. The average Bonchev–Trinajstić information content (AvgIpc) is 2.73. The lowest BCUT2D eigenvalue weighted by molar-refractivity contribution is 0.122. The number of hydrogen-bond donors (Lipinski definition) is 2. The van der Waals surface area contributed by atoms with Gasteiger partial charge in [0.15, 0.2) is 0 Å². The molecule has 0 saturated carbocycles. The third-order valence-electron chi connectivity index (χ3n) is 3.05. The fraction of sp³-hybridized carbons (Fsp3) is 0.538. The molecule has 0 amide bonds. The van der Waals surface area contributed by atoms with E-state index >= 15 is 0 Å². The van der Waals surface area contributed by atoms with Crippen molar-refractivity contribution in [2.24, 2.45) is 0 Å². The number of rotatable bonds is 4. The van der Waals surface area contributed by atoms with Gasteiger partial charge in [0.25, 0.3) is 0 Å². The van der Waals surface area contributed by atoms with Gasteiger partial charge in [0.2, 0.25) is 0 Å². The lowest BCUT2D eigenvalue weighted by Gasteiger charge is -2.14. The molecule has 1 heterocycles. The SMILES string of the molecule is CCc1ccc(CNC2COCC2O)cc1. The highest BCUT2D eigenvalue weighted by Crippen LogP contribution is 2.08. The Balaban J connectivity index is 1.84. The second-order valence-corrected chi connectivity index (χ2v) is 4.26. The molecule has 2 unspecified atom stereocenters. The molecule has 16 heavy (non-hydrogen) atoms. The molecule has 0 aliphatic carbocycles. The predicted octanol–water partition coefficient (Wildman–Crippen LogP) is 1.10. The normalized spacial score (nSPS) is 24.9. The van der Waals surface area contributed by atoms with Gasteiger partial charge in [-0.3, -0.25) is 0 Å². The van der Waals surface area contributed by atoms with Crippen molar-refractivity contribution in [2.75, 3.05) is 13.2 Å². The van der Waals surface area contributed by atoms with Gasteiger partial charge in [-0.05, 0) is 17.5 Å². The molecule has 1 aliphatic rings. The minimum absolute atomic E-state index is 0.0749. The third kappa shape index (κ3) is 2.82. The first-order valence-corrected chi connectivity index (χ1v) is 5.86. The van der Waals surface area contributed by atoms with Crippen LogP contribution in [0.15, 0.2) is 24.3 Å². The number of benzene rings is 1. The third-order valence-corrected chi connectivity index (χ3v) is 3.05. The van der Waals surface area contributed by atoms with Crippen LogP contribution in [0.5, 0.6) is 0 Å². The molecule has 1 fully saturated rings. The van der Waals surface area contributed by atoms with Crippen molar-refractivity contribution < 1.29 is 9.84 Å². The van der Waals surface area contributed by atoms with Crippen LogP contribution < -0.4 is 5.32 Å². The van der Waals surface area contributed by atoms with E-state index in [2.05, 4.69) is 36.5 Å². The van der Waals surface area contributed by atoms with Gasteiger partial charge in [-0.2, -0.15) is 0 Å². The number of aliphatic hydroxyl groups is 1. The van der Waals surface area contributed by atoms with Gasteiger partial charge in [0, 0.05) is 6.54 Å². The van der Waals surface area contributed by atoms with Crippen LogP contribution in [0, 0.1) is 0 Å². The van der Waals surface area contributed by atoms with Crippen LogP contribution in [0.1, 0.15) is 18.1 Å². The highest BCUT2D eigenvalue weighted by Gasteiger charge is 2.25. The van der Waals surface area contributed by atoms with E-state index in [1.807, 2.05) is 0 Å². The van der Waals surface area contributed by atoms with Crippen molar-refractivity contribution in [1.29, 1.82) is 0 Å². The predicted molar refractivity (Wildman–Crippen MR) is 63.3 cm³/mol. The number of ether oxygens (including phenoxy) is 1. The molecule has 1 saturated heterocycles. The van der Waals surface area contributed by atoms with E-state index < -0.39 is 0 Å². The molecule has 1 aromatic rings. The van der Waals surface area contributed by atoms with Gasteiger partial charge in [-0.15, -0.1) is 0 Å².